The molecule has 0 bridgehead atoms. The van der Waals surface area contributed by atoms with Crippen molar-refractivity contribution in [3.05, 3.63) is 65.2 Å². The van der Waals surface area contributed by atoms with Crippen molar-refractivity contribution in [2.75, 3.05) is 7.11 Å². The molecule has 0 saturated heterocycles. The Balaban J connectivity index is 0.000000218. The molecule has 100 valence electrons. The highest BCUT2D eigenvalue weighted by Crippen LogP contribution is 2.15. The van der Waals surface area contributed by atoms with E-state index < -0.39 is 5.97 Å². The van der Waals surface area contributed by atoms with Crippen molar-refractivity contribution in [3.63, 3.8) is 0 Å². The molecular weight excluding hydrogens is 240 g/mol. The number of hydrogen-bond donors (Lipinski definition) is 1. The van der Waals surface area contributed by atoms with Crippen molar-refractivity contribution >= 4 is 5.97 Å². The molecule has 0 unspecified atom stereocenters. The van der Waals surface area contributed by atoms with Gasteiger partial charge in [-0.3, -0.25) is 0 Å². The second-order valence-electron chi connectivity index (χ2n) is 4.20. The Morgan fingerprint density at radius 1 is 1.00 bits per heavy atom. The molecule has 0 spiro atoms. The minimum absolute atomic E-state index is 0.0791. The van der Waals surface area contributed by atoms with Crippen molar-refractivity contribution < 1.29 is 14.6 Å². The topological polar surface area (TPSA) is 46.5 Å². The van der Waals surface area contributed by atoms with Crippen LogP contribution >= 0.6 is 0 Å². The predicted molar refractivity (Wildman–Crippen MR) is 75.4 cm³/mol. The lowest BCUT2D eigenvalue weighted by Crippen LogP contribution is -2.00. The van der Waals surface area contributed by atoms with Crippen LogP contribution in [0, 0.1) is 13.8 Å². The zero-order valence-electron chi connectivity index (χ0n) is 11.4. The van der Waals surface area contributed by atoms with Gasteiger partial charge in [0.15, 0.2) is 0 Å². The third kappa shape index (κ3) is 5.25. The molecular formula is C16H18O3. The second-order valence-corrected chi connectivity index (χ2v) is 4.20. The van der Waals surface area contributed by atoms with Gasteiger partial charge in [0.1, 0.15) is 5.75 Å². The Morgan fingerprint density at radius 3 is 2.05 bits per heavy atom. The Bertz CT molecular complexity index is 513. The molecule has 0 heterocycles. The van der Waals surface area contributed by atoms with Crippen LogP contribution in [0.3, 0.4) is 0 Å². The first-order valence-corrected chi connectivity index (χ1v) is 5.93. The highest BCUT2D eigenvalue weighted by atomic mass is 16.5. The molecule has 3 heteroatoms. The van der Waals surface area contributed by atoms with E-state index in [1.807, 2.05) is 18.2 Å². The number of carbonyl (C=O) groups is 1. The fourth-order valence-electron chi connectivity index (χ4n) is 1.53. The number of hydrogen-bond acceptors (Lipinski definition) is 3. The standard InChI is InChI=1S/C9H10O3.C7H8/c1-6-3-7(9(11)12-2)5-8(10)4-6;1-7-5-3-2-4-6-7/h3-5,10H,1-2H3;2-6H,1H3. The number of rotatable bonds is 1. The molecule has 0 fully saturated rings. The van der Waals surface area contributed by atoms with Gasteiger partial charge in [-0.05, 0) is 37.6 Å². The van der Waals surface area contributed by atoms with E-state index in [-0.39, 0.29) is 5.75 Å². The van der Waals surface area contributed by atoms with E-state index in [2.05, 4.69) is 23.8 Å². The molecule has 0 aliphatic carbocycles. The Morgan fingerprint density at radius 2 is 1.63 bits per heavy atom. The summed E-state index contributed by atoms with van der Waals surface area (Å²) in [5, 5.41) is 9.13. The van der Waals surface area contributed by atoms with Crippen molar-refractivity contribution in [2.24, 2.45) is 0 Å². The van der Waals surface area contributed by atoms with E-state index in [9.17, 15) is 4.79 Å². The van der Waals surface area contributed by atoms with Gasteiger partial charge in [0.25, 0.3) is 0 Å². The molecule has 19 heavy (non-hydrogen) atoms. The van der Waals surface area contributed by atoms with Gasteiger partial charge in [-0.1, -0.05) is 35.9 Å². The number of benzene rings is 2. The van der Waals surface area contributed by atoms with Crippen molar-refractivity contribution in [3.8, 4) is 5.75 Å². The number of esters is 1. The smallest absolute Gasteiger partial charge is 0.337 e. The number of aryl methyl sites for hydroxylation is 2. The SMILES string of the molecule is COC(=O)c1cc(C)cc(O)c1.Cc1ccccc1. The van der Waals surface area contributed by atoms with Crippen LogP contribution in [0.15, 0.2) is 48.5 Å². The molecule has 0 aromatic heterocycles. The van der Waals surface area contributed by atoms with Gasteiger partial charge < -0.3 is 9.84 Å². The zero-order valence-corrected chi connectivity index (χ0v) is 11.4. The van der Waals surface area contributed by atoms with Gasteiger partial charge in [-0.2, -0.15) is 0 Å². The van der Waals surface area contributed by atoms with E-state index in [0.29, 0.717) is 5.56 Å². The summed E-state index contributed by atoms with van der Waals surface area (Å²) in [6.45, 7) is 3.88. The first-order valence-electron chi connectivity index (χ1n) is 5.93. The van der Waals surface area contributed by atoms with Crippen LogP contribution in [0.4, 0.5) is 0 Å². The molecule has 0 atom stereocenters. The monoisotopic (exact) mass is 258 g/mol. The molecule has 0 aliphatic heterocycles. The van der Waals surface area contributed by atoms with Crippen LogP contribution in [-0.2, 0) is 4.74 Å². The minimum atomic E-state index is -0.436. The van der Waals surface area contributed by atoms with Crippen molar-refractivity contribution in [1.29, 1.82) is 0 Å². The van der Waals surface area contributed by atoms with Gasteiger partial charge in [0.05, 0.1) is 12.7 Å². The predicted octanol–water partition coefficient (Wildman–Crippen LogP) is 3.48. The molecule has 2 aromatic rings. The molecule has 2 rings (SSSR count). The van der Waals surface area contributed by atoms with Crippen LogP contribution in [0.5, 0.6) is 5.75 Å². The molecule has 2 aromatic carbocycles. The fourth-order valence-corrected chi connectivity index (χ4v) is 1.53. The summed E-state index contributed by atoms with van der Waals surface area (Å²) in [5.74, 6) is -0.357. The number of methoxy groups -OCH3 is 1. The lowest BCUT2D eigenvalue weighted by atomic mass is 10.1. The third-order valence-corrected chi connectivity index (χ3v) is 2.42. The van der Waals surface area contributed by atoms with E-state index in [4.69, 9.17) is 5.11 Å². The van der Waals surface area contributed by atoms with Crippen LogP contribution in [-0.4, -0.2) is 18.2 Å². The molecule has 1 N–H and O–H groups in total. The lowest BCUT2D eigenvalue weighted by Gasteiger charge is -2.01. The summed E-state index contributed by atoms with van der Waals surface area (Å²) in [6.07, 6.45) is 0. The van der Waals surface area contributed by atoms with Gasteiger partial charge in [-0.15, -0.1) is 0 Å². The number of carbonyl (C=O) groups excluding carboxylic acids is 1. The van der Waals surface area contributed by atoms with Gasteiger partial charge >= 0.3 is 5.97 Å². The Kier molecular flexibility index (Phi) is 5.61. The number of ether oxygens (including phenoxy) is 1. The third-order valence-electron chi connectivity index (χ3n) is 2.42. The highest BCUT2D eigenvalue weighted by Gasteiger charge is 2.06. The summed E-state index contributed by atoms with van der Waals surface area (Å²) >= 11 is 0. The summed E-state index contributed by atoms with van der Waals surface area (Å²) in [6, 6.07) is 14.9. The summed E-state index contributed by atoms with van der Waals surface area (Å²) in [4.78, 5) is 11.0. The fraction of sp³-hybridized carbons (Fsp3) is 0.188. The average molecular weight is 258 g/mol. The molecule has 0 amide bonds. The van der Waals surface area contributed by atoms with E-state index in [0.717, 1.165) is 5.56 Å². The van der Waals surface area contributed by atoms with E-state index in [1.54, 1.807) is 19.1 Å². The number of phenolic OH excluding ortho intramolecular Hbond substituents is 1. The summed E-state index contributed by atoms with van der Waals surface area (Å²) < 4.78 is 4.50. The first kappa shape index (κ1) is 14.8. The number of aromatic hydroxyl groups is 1. The maximum Gasteiger partial charge on any atom is 0.337 e. The second kappa shape index (κ2) is 7.21. The average Bonchev–Trinajstić information content (AvgIpc) is 2.38. The van der Waals surface area contributed by atoms with Crippen LogP contribution < -0.4 is 0 Å². The molecule has 0 aliphatic rings. The molecule has 0 radical (unpaired) electrons. The normalized spacial score (nSPS) is 9.21. The minimum Gasteiger partial charge on any atom is -0.508 e. The van der Waals surface area contributed by atoms with E-state index in [1.165, 1.54) is 18.7 Å². The van der Waals surface area contributed by atoms with Crippen LogP contribution in [0.1, 0.15) is 21.5 Å². The first-order chi connectivity index (χ1) is 9.02. The van der Waals surface area contributed by atoms with Gasteiger partial charge in [0.2, 0.25) is 0 Å². The highest BCUT2D eigenvalue weighted by molar-refractivity contribution is 5.89. The Hall–Kier alpha value is -2.29. The van der Waals surface area contributed by atoms with Gasteiger partial charge in [-0.25, -0.2) is 4.79 Å². The summed E-state index contributed by atoms with van der Waals surface area (Å²) in [7, 11) is 1.31. The zero-order chi connectivity index (χ0) is 14.3. The van der Waals surface area contributed by atoms with Crippen molar-refractivity contribution in [1.82, 2.24) is 0 Å². The van der Waals surface area contributed by atoms with E-state index >= 15 is 0 Å². The quantitative estimate of drug-likeness (QED) is 0.796. The van der Waals surface area contributed by atoms with Crippen LogP contribution in [0.25, 0.3) is 0 Å². The number of phenols is 1. The molecule has 0 saturated carbocycles. The summed E-state index contributed by atoms with van der Waals surface area (Å²) in [5.41, 5.74) is 2.52. The molecule has 3 nitrogen and oxygen atoms in total. The van der Waals surface area contributed by atoms with Crippen molar-refractivity contribution in [2.45, 2.75) is 13.8 Å². The van der Waals surface area contributed by atoms with Crippen LogP contribution in [0.2, 0.25) is 0 Å². The lowest BCUT2D eigenvalue weighted by molar-refractivity contribution is 0.0600. The maximum atomic E-state index is 11.0. The van der Waals surface area contributed by atoms with Gasteiger partial charge in [0, 0.05) is 0 Å². The maximum absolute atomic E-state index is 11.0. The Labute approximate surface area is 113 Å². The largest absolute Gasteiger partial charge is 0.508 e.